The largest absolute Gasteiger partial charge is 0.379 e. The third kappa shape index (κ3) is 6.17. The number of hydrogen-bond acceptors (Lipinski definition) is 5. The Bertz CT molecular complexity index is 629. The summed E-state index contributed by atoms with van der Waals surface area (Å²) in [7, 11) is 0. The predicted molar refractivity (Wildman–Crippen MR) is 102 cm³/mol. The van der Waals surface area contributed by atoms with Crippen LogP contribution in [0.25, 0.3) is 0 Å². The number of hydrogen-bond donors (Lipinski definition) is 1. The summed E-state index contributed by atoms with van der Waals surface area (Å²) in [5.74, 6) is 0.0949. The van der Waals surface area contributed by atoms with Gasteiger partial charge in [0.15, 0.2) is 5.17 Å². The third-order valence-electron chi connectivity index (χ3n) is 3.51. The van der Waals surface area contributed by atoms with Gasteiger partial charge in [-0.3, -0.25) is 19.5 Å². The molecular weight excluding hydrogens is 338 g/mol. The molecule has 0 radical (unpaired) electrons. The van der Waals surface area contributed by atoms with E-state index in [1.54, 1.807) is 4.90 Å². The number of amides is 2. The number of nitrogens with one attached hydrogen (secondary N) is 1. The average molecular weight is 363 g/mol. The zero-order valence-electron chi connectivity index (χ0n) is 14.9. The lowest BCUT2D eigenvalue weighted by molar-refractivity contribution is -0.118. The van der Waals surface area contributed by atoms with E-state index in [1.165, 1.54) is 11.8 Å². The number of aliphatic imine (C=N–C) groups is 1. The van der Waals surface area contributed by atoms with Gasteiger partial charge in [0.05, 0.1) is 17.5 Å². The predicted octanol–water partition coefficient (Wildman–Crippen LogP) is 2.36. The molecule has 1 aromatic carbocycles. The molecule has 0 bridgehead atoms. The normalized spacial score (nSPS) is 14.2. The van der Waals surface area contributed by atoms with Crippen molar-refractivity contribution in [1.82, 2.24) is 5.32 Å². The van der Waals surface area contributed by atoms with Crippen LogP contribution in [0.3, 0.4) is 0 Å². The molecule has 2 amide bonds. The maximum Gasteiger partial charge on any atom is 0.254 e. The Morgan fingerprint density at radius 2 is 2.08 bits per heavy atom. The van der Waals surface area contributed by atoms with Crippen LogP contribution in [0.5, 0.6) is 0 Å². The molecule has 0 spiro atoms. The zero-order chi connectivity index (χ0) is 18.2. The minimum absolute atomic E-state index is 0.0690. The molecule has 2 rings (SSSR count). The molecular formula is C18H25N3O3S. The van der Waals surface area contributed by atoms with Gasteiger partial charge in [-0.2, -0.15) is 0 Å². The van der Waals surface area contributed by atoms with Gasteiger partial charge < -0.3 is 10.1 Å². The summed E-state index contributed by atoms with van der Waals surface area (Å²) >= 11 is 1.28. The van der Waals surface area contributed by atoms with Crippen LogP contribution < -0.4 is 10.2 Å². The van der Waals surface area contributed by atoms with Crippen LogP contribution in [0.4, 0.5) is 5.69 Å². The Kier molecular flexibility index (Phi) is 7.46. The number of carbonyl (C=O) groups is 2. The van der Waals surface area contributed by atoms with E-state index < -0.39 is 0 Å². The van der Waals surface area contributed by atoms with Crippen molar-refractivity contribution in [2.75, 3.05) is 30.3 Å². The number of thioether (sulfide) groups is 1. The lowest BCUT2D eigenvalue weighted by Gasteiger charge is -2.18. The lowest BCUT2D eigenvalue weighted by atomic mass is 10.2. The fourth-order valence-electron chi connectivity index (χ4n) is 2.24. The van der Waals surface area contributed by atoms with Crippen LogP contribution in [-0.4, -0.2) is 48.5 Å². The summed E-state index contributed by atoms with van der Waals surface area (Å²) in [6.45, 7) is 7.31. The molecule has 0 saturated heterocycles. The Hall–Kier alpha value is -1.86. The molecule has 0 fully saturated rings. The first kappa shape index (κ1) is 19.5. The summed E-state index contributed by atoms with van der Waals surface area (Å²) in [5, 5.41) is 3.43. The summed E-state index contributed by atoms with van der Waals surface area (Å²) in [4.78, 5) is 29.9. The van der Waals surface area contributed by atoms with E-state index in [1.807, 2.05) is 45.0 Å². The molecule has 7 heteroatoms. The standard InChI is InChI=1S/C18H25N3O3S/c1-13(2)24-10-4-9-19-16(22)12-25-18-20-11-17(23)21(18)15-7-5-14(3)6-8-15/h5-8,13H,4,9-12H2,1-3H3,(H,19,22). The molecule has 136 valence electrons. The molecule has 0 aromatic heterocycles. The van der Waals surface area contributed by atoms with Crippen molar-refractivity contribution in [3.8, 4) is 0 Å². The van der Waals surface area contributed by atoms with Crippen molar-refractivity contribution in [3.63, 3.8) is 0 Å². The van der Waals surface area contributed by atoms with E-state index in [9.17, 15) is 9.59 Å². The first-order valence-electron chi connectivity index (χ1n) is 8.42. The molecule has 1 aromatic rings. The van der Waals surface area contributed by atoms with E-state index in [4.69, 9.17) is 4.74 Å². The van der Waals surface area contributed by atoms with Crippen molar-refractivity contribution in [2.24, 2.45) is 4.99 Å². The average Bonchev–Trinajstić information content (AvgIpc) is 2.94. The van der Waals surface area contributed by atoms with Gasteiger partial charge in [0.1, 0.15) is 6.54 Å². The van der Waals surface area contributed by atoms with Crippen molar-refractivity contribution >= 4 is 34.4 Å². The second-order valence-electron chi connectivity index (χ2n) is 6.08. The topological polar surface area (TPSA) is 71.0 Å². The van der Waals surface area contributed by atoms with E-state index in [2.05, 4.69) is 10.3 Å². The summed E-state index contributed by atoms with van der Waals surface area (Å²) < 4.78 is 5.43. The van der Waals surface area contributed by atoms with Gasteiger partial charge in [-0.05, 0) is 39.3 Å². The van der Waals surface area contributed by atoms with Crippen LogP contribution in [0.1, 0.15) is 25.8 Å². The molecule has 6 nitrogen and oxygen atoms in total. The summed E-state index contributed by atoms with van der Waals surface area (Å²) in [6.07, 6.45) is 0.987. The molecule has 1 aliphatic rings. The van der Waals surface area contributed by atoms with Crippen LogP contribution >= 0.6 is 11.8 Å². The van der Waals surface area contributed by atoms with Gasteiger partial charge in [-0.15, -0.1) is 0 Å². The van der Waals surface area contributed by atoms with E-state index in [-0.39, 0.29) is 30.2 Å². The van der Waals surface area contributed by atoms with Crippen molar-refractivity contribution in [1.29, 1.82) is 0 Å². The summed E-state index contributed by atoms with van der Waals surface area (Å²) in [6, 6.07) is 7.69. The minimum Gasteiger partial charge on any atom is -0.379 e. The van der Waals surface area contributed by atoms with Crippen LogP contribution in [-0.2, 0) is 14.3 Å². The first-order chi connectivity index (χ1) is 12.0. The molecule has 0 unspecified atom stereocenters. The summed E-state index contributed by atoms with van der Waals surface area (Å²) in [5.41, 5.74) is 1.91. The molecule has 0 saturated carbocycles. The smallest absolute Gasteiger partial charge is 0.254 e. The lowest BCUT2D eigenvalue weighted by Crippen LogP contribution is -2.33. The fourth-order valence-corrected chi connectivity index (χ4v) is 3.10. The highest BCUT2D eigenvalue weighted by atomic mass is 32.2. The van der Waals surface area contributed by atoms with Crippen molar-refractivity contribution in [3.05, 3.63) is 29.8 Å². The maximum atomic E-state index is 12.1. The highest BCUT2D eigenvalue weighted by Gasteiger charge is 2.27. The SMILES string of the molecule is Cc1ccc(N2C(=O)CN=C2SCC(=O)NCCCOC(C)C)cc1. The Balaban J connectivity index is 1.78. The molecule has 25 heavy (non-hydrogen) atoms. The molecule has 0 atom stereocenters. The minimum atomic E-state index is -0.0717. The van der Waals surface area contributed by atoms with Crippen LogP contribution in [0.15, 0.2) is 29.3 Å². The number of rotatable bonds is 8. The Morgan fingerprint density at radius 3 is 2.76 bits per heavy atom. The van der Waals surface area contributed by atoms with Gasteiger partial charge in [0.2, 0.25) is 5.91 Å². The Morgan fingerprint density at radius 1 is 1.36 bits per heavy atom. The number of amidine groups is 1. The number of nitrogens with zero attached hydrogens (tertiary/aromatic N) is 2. The van der Waals surface area contributed by atoms with E-state index in [0.717, 1.165) is 17.7 Å². The third-order valence-corrected chi connectivity index (χ3v) is 4.49. The van der Waals surface area contributed by atoms with Gasteiger partial charge in [0.25, 0.3) is 5.91 Å². The van der Waals surface area contributed by atoms with Gasteiger partial charge >= 0.3 is 0 Å². The van der Waals surface area contributed by atoms with E-state index >= 15 is 0 Å². The van der Waals surface area contributed by atoms with E-state index in [0.29, 0.717) is 18.3 Å². The molecule has 1 aliphatic heterocycles. The van der Waals surface area contributed by atoms with Gasteiger partial charge in [0, 0.05) is 13.2 Å². The van der Waals surface area contributed by atoms with Crippen LogP contribution in [0, 0.1) is 6.92 Å². The monoisotopic (exact) mass is 363 g/mol. The molecule has 1 heterocycles. The molecule has 1 N–H and O–H groups in total. The zero-order valence-corrected chi connectivity index (χ0v) is 15.8. The van der Waals surface area contributed by atoms with Crippen molar-refractivity contribution in [2.45, 2.75) is 33.3 Å². The van der Waals surface area contributed by atoms with Crippen molar-refractivity contribution < 1.29 is 14.3 Å². The quantitative estimate of drug-likeness (QED) is 0.720. The molecule has 0 aliphatic carbocycles. The van der Waals surface area contributed by atoms with Gasteiger partial charge in [-0.1, -0.05) is 29.5 Å². The fraction of sp³-hybridized carbons (Fsp3) is 0.500. The maximum absolute atomic E-state index is 12.1. The number of benzene rings is 1. The second-order valence-corrected chi connectivity index (χ2v) is 7.02. The van der Waals surface area contributed by atoms with Crippen LogP contribution in [0.2, 0.25) is 0 Å². The number of ether oxygens (including phenoxy) is 1. The number of aryl methyl sites for hydroxylation is 1. The first-order valence-corrected chi connectivity index (χ1v) is 9.41. The van der Waals surface area contributed by atoms with Gasteiger partial charge in [-0.25, -0.2) is 0 Å². The highest BCUT2D eigenvalue weighted by molar-refractivity contribution is 8.14. The highest BCUT2D eigenvalue weighted by Crippen LogP contribution is 2.24. The second kappa shape index (κ2) is 9.58. The number of anilines is 1. The number of carbonyl (C=O) groups excluding carboxylic acids is 2. The Labute approximate surface area is 153 Å².